The number of nitrogen functional groups attached to an aromatic ring is 1. The van der Waals surface area contributed by atoms with Gasteiger partial charge in [0.2, 0.25) is 0 Å². The molecular weight excluding hydrogens is 274 g/mol. The van der Waals surface area contributed by atoms with Crippen LogP contribution >= 0.6 is 11.6 Å². The second-order valence-corrected chi connectivity index (χ2v) is 5.12. The Bertz CT molecular complexity index is 633. The Kier molecular flexibility index (Phi) is 4.30. The topological polar surface area (TPSA) is 52.3 Å². The van der Waals surface area contributed by atoms with E-state index < -0.39 is 5.97 Å². The Labute approximate surface area is 123 Å². The summed E-state index contributed by atoms with van der Waals surface area (Å²) in [5, 5.41) is 0.593. The Balaban J connectivity index is 2.13. The molecule has 0 aliphatic rings. The van der Waals surface area contributed by atoms with Gasteiger partial charge < -0.3 is 10.5 Å². The largest absolute Gasteiger partial charge is 0.457 e. The lowest BCUT2D eigenvalue weighted by Crippen LogP contribution is -2.10. The average Bonchev–Trinajstić information content (AvgIpc) is 2.37. The van der Waals surface area contributed by atoms with E-state index in [1.807, 2.05) is 38.1 Å². The molecule has 0 spiro atoms. The zero-order valence-electron chi connectivity index (χ0n) is 11.4. The lowest BCUT2D eigenvalue weighted by atomic mass is 10.1. The van der Waals surface area contributed by atoms with Gasteiger partial charge in [0.05, 0.1) is 5.56 Å². The second kappa shape index (κ2) is 5.97. The van der Waals surface area contributed by atoms with E-state index in [-0.39, 0.29) is 6.61 Å². The molecule has 0 aliphatic carbocycles. The third-order valence-corrected chi connectivity index (χ3v) is 3.43. The third kappa shape index (κ3) is 3.11. The fourth-order valence-electron chi connectivity index (χ4n) is 1.95. The molecule has 0 bridgehead atoms. The summed E-state index contributed by atoms with van der Waals surface area (Å²) in [4.78, 5) is 12.1. The van der Waals surface area contributed by atoms with Crippen molar-refractivity contribution >= 4 is 23.3 Å². The predicted octanol–water partition coefficient (Wildman–Crippen LogP) is 3.90. The average molecular weight is 290 g/mol. The minimum Gasteiger partial charge on any atom is -0.457 e. The van der Waals surface area contributed by atoms with Crippen LogP contribution in [0.5, 0.6) is 0 Å². The van der Waals surface area contributed by atoms with Crippen molar-refractivity contribution in [3.05, 3.63) is 63.7 Å². The van der Waals surface area contributed by atoms with E-state index in [9.17, 15) is 4.79 Å². The first kappa shape index (κ1) is 14.4. The van der Waals surface area contributed by atoms with E-state index in [1.165, 1.54) is 0 Å². The van der Waals surface area contributed by atoms with Crippen LogP contribution in [0.25, 0.3) is 0 Å². The Hall–Kier alpha value is -2.00. The molecule has 0 saturated carbocycles. The van der Waals surface area contributed by atoms with Gasteiger partial charge in [0, 0.05) is 16.3 Å². The van der Waals surface area contributed by atoms with Gasteiger partial charge in [-0.2, -0.15) is 0 Å². The lowest BCUT2D eigenvalue weighted by Gasteiger charge is -2.10. The molecule has 0 heterocycles. The molecule has 0 atom stereocenters. The number of ether oxygens (including phenoxy) is 1. The molecule has 2 aromatic rings. The molecule has 0 aliphatic heterocycles. The van der Waals surface area contributed by atoms with Gasteiger partial charge in [-0.15, -0.1) is 0 Å². The molecule has 0 saturated heterocycles. The van der Waals surface area contributed by atoms with E-state index in [4.69, 9.17) is 22.1 Å². The minimum absolute atomic E-state index is 0.131. The highest BCUT2D eigenvalue weighted by atomic mass is 35.5. The maximum atomic E-state index is 12.1. The molecule has 2 N–H and O–H groups in total. The number of rotatable bonds is 3. The van der Waals surface area contributed by atoms with Crippen LogP contribution in [-0.4, -0.2) is 5.97 Å². The highest BCUT2D eigenvalue weighted by Gasteiger charge is 2.14. The van der Waals surface area contributed by atoms with Crippen molar-refractivity contribution in [1.29, 1.82) is 0 Å². The molecule has 4 heteroatoms. The summed E-state index contributed by atoms with van der Waals surface area (Å²) < 4.78 is 5.29. The Morgan fingerprint density at radius 1 is 1.25 bits per heavy atom. The van der Waals surface area contributed by atoms with Gasteiger partial charge in [-0.3, -0.25) is 0 Å². The molecule has 20 heavy (non-hydrogen) atoms. The fourth-order valence-corrected chi connectivity index (χ4v) is 2.24. The number of carbonyl (C=O) groups excluding carboxylic acids is 1. The molecule has 0 fully saturated rings. The monoisotopic (exact) mass is 289 g/mol. The molecule has 104 valence electrons. The van der Waals surface area contributed by atoms with Crippen molar-refractivity contribution in [3.8, 4) is 0 Å². The van der Waals surface area contributed by atoms with Gasteiger partial charge >= 0.3 is 5.97 Å². The smallest absolute Gasteiger partial charge is 0.340 e. The van der Waals surface area contributed by atoms with Crippen LogP contribution in [0.2, 0.25) is 5.02 Å². The summed E-state index contributed by atoms with van der Waals surface area (Å²) >= 11 is 6.11. The highest BCUT2D eigenvalue weighted by Crippen LogP contribution is 2.21. The number of carbonyl (C=O) groups is 1. The molecule has 2 rings (SSSR count). The van der Waals surface area contributed by atoms with Crippen molar-refractivity contribution in [2.75, 3.05) is 5.73 Å². The van der Waals surface area contributed by atoms with Gasteiger partial charge in [-0.1, -0.05) is 35.9 Å². The SMILES string of the molecule is Cc1ccc(COC(=O)c2c(C)cccc2N)c(Cl)c1. The van der Waals surface area contributed by atoms with E-state index >= 15 is 0 Å². The second-order valence-electron chi connectivity index (χ2n) is 4.71. The summed E-state index contributed by atoms with van der Waals surface area (Å²) in [5.41, 5.74) is 9.28. The number of aryl methyl sites for hydroxylation is 2. The number of halogens is 1. The van der Waals surface area contributed by atoms with Gasteiger partial charge in [-0.25, -0.2) is 4.79 Å². The molecule has 0 radical (unpaired) electrons. The van der Waals surface area contributed by atoms with Crippen molar-refractivity contribution in [3.63, 3.8) is 0 Å². The number of hydrogen-bond donors (Lipinski definition) is 1. The van der Waals surface area contributed by atoms with E-state index in [0.717, 1.165) is 16.7 Å². The lowest BCUT2D eigenvalue weighted by molar-refractivity contribution is 0.0473. The molecule has 3 nitrogen and oxygen atoms in total. The maximum absolute atomic E-state index is 12.1. The Morgan fingerprint density at radius 3 is 2.65 bits per heavy atom. The summed E-state index contributed by atoms with van der Waals surface area (Å²) in [6.45, 7) is 3.91. The van der Waals surface area contributed by atoms with Crippen LogP contribution in [0.4, 0.5) is 5.69 Å². The predicted molar refractivity (Wildman–Crippen MR) is 80.9 cm³/mol. The number of esters is 1. The van der Waals surface area contributed by atoms with Gasteiger partial charge in [0.15, 0.2) is 0 Å². The first-order valence-electron chi connectivity index (χ1n) is 6.26. The van der Waals surface area contributed by atoms with E-state index in [2.05, 4.69) is 0 Å². The van der Waals surface area contributed by atoms with Crippen LogP contribution in [-0.2, 0) is 11.3 Å². The molecular formula is C16H16ClNO2. The van der Waals surface area contributed by atoms with Gasteiger partial charge in [0.1, 0.15) is 6.61 Å². The summed E-state index contributed by atoms with van der Waals surface area (Å²) in [6, 6.07) is 10.9. The number of hydrogen-bond acceptors (Lipinski definition) is 3. The first-order valence-corrected chi connectivity index (χ1v) is 6.64. The standard InChI is InChI=1S/C16H16ClNO2/c1-10-6-7-12(13(17)8-10)9-20-16(19)15-11(2)4-3-5-14(15)18/h3-8H,9,18H2,1-2H3. The normalized spacial score (nSPS) is 10.3. The zero-order chi connectivity index (χ0) is 14.7. The number of nitrogens with two attached hydrogens (primary N) is 1. The van der Waals surface area contributed by atoms with Gasteiger partial charge in [-0.05, 0) is 37.1 Å². The van der Waals surface area contributed by atoms with Crippen LogP contribution in [0.1, 0.15) is 27.0 Å². The molecule has 0 unspecified atom stereocenters. The van der Waals surface area contributed by atoms with Crippen LogP contribution in [0.15, 0.2) is 36.4 Å². The first-order chi connectivity index (χ1) is 9.49. The quantitative estimate of drug-likeness (QED) is 0.689. The number of benzene rings is 2. The van der Waals surface area contributed by atoms with Crippen LogP contribution < -0.4 is 5.73 Å². The fraction of sp³-hybridized carbons (Fsp3) is 0.188. The van der Waals surface area contributed by atoms with E-state index in [1.54, 1.807) is 12.1 Å². The maximum Gasteiger partial charge on any atom is 0.340 e. The molecule has 0 aromatic heterocycles. The zero-order valence-corrected chi connectivity index (χ0v) is 12.2. The Morgan fingerprint density at radius 2 is 2.00 bits per heavy atom. The summed E-state index contributed by atoms with van der Waals surface area (Å²) in [6.07, 6.45) is 0. The molecule has 2 aromatic carbocycles. The minimum atomic E-state index is -0.433. The summed E-state index contributed by atoms with van der Waals surface area (Å²) in [7, 11) is 0. The van der Waals surface area contributed by atoms with Crippen molar-refractivity contribution in [2.24, 2.45) is 0 Å². The third-order valence-electron chi connectivity index (χ3n) is 3.08. The highest BCUT2D eigenvalue weighted by molar-refractivity contribution is 6.31. The van der Waals surface area contributed by atoms with Crippen LogP contribution in [0.3, 0.4) is 0 Å². The van der Waals surface area contributed by atoms with Crippen LogP contribution in [0, 0.1) is 13.8 Å². The van der Waals surface area contributed by atoms with Crippen molar-refractivity contribution < 1.29 is 9.53 Å². The van der Waals surface area contributed by atoms with Gasteiger partial charge in [0.25, 0.3) is 0 Å². The number of anilines is 1. The molecule has 0 amide bonds. The van der Waals surface area contributed by atoms with E-state index in [0.29, 0.717) is 16.3 Å². The summed E-state index contributed by atoms with van der Waals surface area (Å²) in [5.74, 6) is -0.433. The van der Waals surface area contributed by atoms with Crippen molar-refractivity contribution in [2.45, 2.75) is 20.5 Å². The van der Waals surface area contributed by atoms with Crippen molar-refractivity contribution in [1.82, 2.24) is 0 Å².